The van der Waals surface area contributed by atoms with Crippen LogP contribution in [-0.2, 0) is 9.53 Å². The predicted molar refractivity (Wildman–Crippen MR) is 105 cm³/mol. The van der Waals surface area contributed by atoms with Gasteiger partial charge < -0.3 is 19.7 Å². The molecule has 1 atom stereocenters. The lowest BCUT2D eigenvalue weighted by Gasteiger charge is -2.34. The highest BCUT2D eigenvalue weighted by molar-refractivity contribution is 6.32. The molecule has 1 heterocycles. The fraction of sp³-hybridized carbons (Fsp3) is 0.600. The second-order valence-corrected chi connectivity index (χ2v) is 8.17. The van der Waals surface area contributed by atoms with Crippen LogP contribution in [0.4, 0.5) is 4.79 Å². The lowest BCUT2D eigenvalue weighted by atomic mass is 9.98. The average molecular weight is 397 g/mol. The second-order valence-electron chi connectivity index (χ2n) is 7.77. The molecule has 1 unspecified atom stereocenters. The van der Waals surface area contributed by atoms with Gasteiger partial charge in [0.15, 0.2) is 0 Å². The fourth-order valence-electron chi connectivity index (χ4n) is 2.89. The third-order valence-electron chi connectivity index (χ3n) is 4.18. The summed E-state index contributed by atoms with van der Waals surface area (Å²) in [4.78, 5) is 26.0. The Morgan fingerprint density at radius 1 is 1.30 bits per heavy atom. The van der Waals surface area contributed by atoms with Crippen LogP contribution in [0.2, 0.25) is 5.02 Å². The SMILES string of the molecule is CC(C)(C)OC(=O)N1CCCC(CNC(=O)CCOc2ccccc2Cl)C1. The summed E-state index contributed by atoms with van der Waals surface area (Å²) in [6.07, 6.45) is 1.87. The lowest BCUT2D eigenvalue weighted by Crippen LogP contribution is -2.45. The zero-order valence-electron chi connectivity index (χ0n) is 16.3. The molecular formula is C20H29ClN2O4. The van der Waals surface area contributed by atoms with Crippen LogP contribution >= 0.6 is 11.6 Å². The van der Waals surface area contributed by atoms with E-state index in [-0.39, 0.29) is 30.9 Å². The zero-order chi connectivity index (χ0) is 19.9. The minimum atomic E-state index is -0.500. The Morgan fingerprint density at radius 3 is 2.74 bits per heavy atom. The molecule has 150 valence electrons. The zero-order valence-corrected chi connectivity index (χ0v) is 17.1. The van der Waals surface area contributed by atoms with E-state index in [1.807, 2.05) is 32.9 Å². The van der Waals surface area contributed by atoms with E-state index >= 15 is 0 Å². The van der Waals surface area contributed by atoms with Crippen LogP contribution in [0.1, 0.15) is 40.0 Å². The quantitative estimate of drug-likeness (QED) is 0.792. The van der Waals surface area contributed by atoms with Crippen LogP contribution in [-0.4, -0.2) is 48.7 Å². The van der Waals surface area contributed by atoms with Gasteiger partial charge in [-0.05, 0) is 51.7 Å². The fourth-order valence-corrected chi connectivity index (χ4v) is 3.08. The molecule has 2 rings (SSSR count). The number of halogens is 1. The Hall–Kier alpha value is -1.95. The molecule has 1 aromatic rings. The van der Waals surface area contributed by atoms with Crippen molar-refractivity contribution in [2.75, 3.05) is 26.2 Å². The Labute approximate surface area is 166 Å². The minimum Gasteiger partial charge on any atom is -0.491 e. The Kier molecular flexibility index (Phi) is 7.78. The van der Waals surface area contributed by atoms with E-state index in [1.165, 1.54) is 0 Å². The maximum atomic E-state index is 12.2. The lowest BCUT2D eigenvalue weighted by molar-refractivity contribution is -0.121. The van der Waals surface area contributed by atoms with Gasteiger partial charge in [-0.2, -0.15) is 0 Å². The first-order valence-electron chi connectivity index (χ1n) is 9.36. The molecule has 6 nitrogen and oxygen atoms in total. The highest BCUT2D eigenvalue weighted by Crippen LogP contribution is 2.23. The Bertz CT molecular complexity index is 645. The molecule has 1 aromatic carbocycles. The first-order chi connectivity index (χ1) is 12.7. The molecule has 0 radical (unpaired) electrons. The molecule has 1 fully saturated rings. The standard InChI is InChI=1S/C20H29ClN2O4/c1-20(2,3)27-19(25)23-11-6-7-15(14-23)13-22-18(24)10-12-26-17-9-5-4-8-16(17)21/h4-5,8-9,15H,6-7,10-14H2,1-3H3,(H,22,24). The van der Waals surface area contributed by atoms with Crippen LogP contribution in [0.5, 0.6) is 5.75 Å². The van der Waals surface area contributed by atoms with Crippen LogP contribution in [0.3, 0.4) is 0 Å². The minimum absolute atomic E-state index is 0.0727. The monoisotopic (exact) mass is 396 g/mol. The molecule has 0 aromatic heterocycles. The molecule has 0 spiro atoms. The number of para-hydroxylation sites is 1. The van der Waals surface area contributed by atoms with E-state index in [1.54, 1.807) is 17.0 Å². The Balaban J connectivity index is 1.68. The van der Waals surface area contributed by atoms with E-state index in [9.17, 15) is 9.59 Å². The number of benzene rings is 1. The summed E-state index contributed by atoms with van der Waals surface area (Å²) < 4.78 is 11.0. The highest BCUT2D eigenvalue weighted by Gasteiger charge is 2.27. The van der Waals surface area contributed by atoms with Gasteiger partial charge in [-0.25, -0.2) is 4.79 Å². The van der Waals surface area contributed by atoms with Gasteiger partial charge in [-0.1, -0.05) is 23.7 Å². The van der Waals surface area contributed by atoms with E-state index < -0.39 is 5.60 Å². The molecule has 1 N–H and O–H groups in total. The molecule has 1 aliphatic rings. The van der Waals surface area contributed by atoms with Crippen LogP contribution in [0.15, 0.2) is 24.3 Å². The van der Waals surface area contributed by atoms with Crippen LogP contribution in [0.25, 0.3) is 0 Å². The third kappa shape index (κ3) is 7.67. The average Bonchev–Trinajstić information content (AvgIpc) is 2.60. The number of carbonyl (C=O) groups excluding carboxylic acids is 2. The number of piperidine rings is 1. The molecule has 0 aliphatic carbocycles. The molecule has 1 aliphatic heterocycles. The summed E-state index contributed by atoms with van der Waals surface area (Å²) in [5, 5.41) is 3.46. The molecule has 2 amide bonds. The van der Waals surface area contributed by atoms with Crippen molar-refractivity contribution in [1.82, 2.24) is 10.2 Å². The molecule has 1 saturated heterocycles. The third-order valence-corrected chi connectivity index (χ3v) is 4.49. The summed E-state index contributed by atoms with van der Waals surface area (Å²) in [5.74, 6) is 0.739. The summed E-state index contributed by atoms with van der Waals surface area (Å²) in [6, 6.07) is 7.18. The smallest absolute Gasteiger partial charge is 0.410 e. The maximum absolute atomic E-state index is 12.2. The van der Waals surface area contributed by atoms with Crippen molar-refractivity contribution in [1.29, 1.82) is 0 Å². The normalized spacial score (nSPS) is 17.3. The summed E-state index contributed by atoms with van der Waals surface area (Å²) in [5.41, 5.74) is -0.500. The van der Waals surface area contributed by atoms with E-state index in [0.717, 1.165) is 12.8 Å². The van der Waals surface area contributed by atoms with Crippen LogP contribution < -0.4 is 10.1 Å². The number of amides is 2. The number of hydrogen-bond acceptors (Lipinski definition) is 4. The number of nitrogens with zero attached hydrogens (tertiary/aromatic N) is 1. The number of hydrogen-bond donors (Lipinski definition) is 1. The van der Waals surface area contributed by atoms with E-state index in [2.05, 4.69) is 5.32 Å². The Morgan fingerprint density at radius 2 is 2.04 bits per heavy atom. The van der Waals surface area contributed by atoms with Gasteiger partial charge >= 0.3 is 6.09 Å². The summed E-state index contributed by atoms with van der Waals surface area (Å²) in [7, 11) is 0. The molecular weight excluding hydrogens is 368 g/mol. The van der Waals surface area contributed by atoms with Gasteiger partial charge in [0.2, 0.25) is 5.91 Å². The van der Waals surface area contributed by atoms with E-state index in [0.29, 0.717) is 30.4 Å². The topological polar surface area (TPSA) is 67.9 Å². The number of carbonyl (C=O) groups is 2. The highest BCUT2D eigenvalue weighted by atomic mass is 35.5. The van der Waals surface area contributed by atoms with Gasteiger partial charge in [0.1, 0.15) is 11.4 Å². The van der Waals surface area contributed by atoms with Gasteiger partial charge in [-0.3, -0.25) is 4.79 Å². The number of nitrogens with one attached hydrogen (secondary N) is 1. The molecule has 0 saturated carbocycles. The first kappa shape index (κ1) is 21.4. The second kappa shape index (κ2) is 9.83. The van der Waals surface area contributed by atoms with Crippen molar-refractivity contribution in [3.05, 3.63) is 29.3 Å². The molecule has 0 bridgehead atoms. The van der Waals surface area contributed by atoms with Gasteiger partial charge in [0.05, 0.1) is 18.1 Å². The molecule has 7 heteroatoms. The van der Waals surface area contributed by atoms with Crippen molar-refractivity contribution in [3.8, 4) is 5.75 Å². The van der Waals surface area contributed by atoms with Gasteiger partial charge in [0.25, 0.3) is 0 Å². The van der Waals surface area contributed by atoms with Crippen molar-refractivity contribution in [2.24, 2.45) is 5.92 Å². The van der Waals surface area contributed by atoms with E-state index in [4.69, 9.17) is 21.1 Å². The van der Waals surface area contributed by atoms with Crippen molar-refractivity contribution in [3.63, 3.8) is 0 Å². The van der Waals surface area contributed by atoms with Gasteiger partial charge in [-0.15, -0.1) is 0 Å². The van der Waals surface area contributed by atoms with Gasteiger partial charge in [0, 0.05) is 19.6 Å². The molecule has 27 heavy (non-hydrogen) atoms. The summed E-state index contributed by atoms with van der Waals surface area (Å²) >= 11 is 6.01. The number of rotatable bonds is 6. The number of ether oxygens (including phenoxy) is 2. The predicted octanol–water partition coefficient (Wildman–Crippen LogP) is 3.87. The van der Waals surface area contributed by atoms with Crippen LogP contribution in [0, 0.1) is 5.92 Å². The maximum Gasteiger partial charge on any atom is 0.410 e. The summed E-state index contributed by atoms with van der Waals surface area (Å²) in [6.45, 7) is 7.69. The number of likely N-dealkylation sites (tertiary alicyclic amines) is 1. The van der Waals surface area contributed by atoms with Crippen molar-refractivity contribution < 1.29 is 19.1 Å². The largest absolute Gasteiger partial charge is 0.491 e. The van der Waals surface area contributed by atoms with Crippen molar-refractivity contribution in [2.45, 2.75) is 45.6 Å². The van der Waals surface area contributed by atoms with Crippen molar-refractivity contribution >= 4 is 23.6 Å². The first-order valence-corrected chi connectivity index (χ1v) is 9.74.